The van der Waals surface area contributed by atoms with Crippen LogP contribution in [0.2, 0.25) is 12.6 Å². The molecule has 0 aliphatic carbocycles. The summed E-state index contributed by atoms with van der Waals surface area (Å²) in [6.07, 6.45) is 1.03. The number of hydrogen-bond donors (Lipinski definition) is 2. The Hall–Kier alpha value is -1.04. The van der Waals surface area contributed by atoms with E-state index in [0.717, 1.165) is 30.4 Å². The largest absolute Gasteiger partial charge is 0.399 e. The van der Waals surface area contributed by atoms with Crippen LogP contribution in [-0.4, -0.2) is 29.3 Å². The van der Waals surface area contributed by atoms with E-state index >= 15 is 0 Å². The molecule has 0 heterocycles. The molecule has 4 nitrogen and oxygen atoms in total. The van der Waals surface area contributed by atoms with Gasteiger partial charge in [-0.2, -0.15) is 0 Å². The van der Waals surface area contributed by atoms with E-state index < -0.39 is 8.56 Å². The number of anilines is 2. The van der Waals surface area contributed by atoms with E-state index in [0.29, 0.717) is 0 Å². The van der Waals surface area contributed by atoms with Gasteiger partial charge in [0.25, 0.3) is 0 Å². The van der Waals surface area contributed by atoms with E-state index in [1.54, 1.807) is 14.2 Å². The van der Waals surface area contributed by atoms with Crippen LogP contribution in [0.5, 0.6) is 0 Å². The summed E-state index contributed by atoms with van der Waals surface area (Å²) >= 11 is 0. The second-order valence-electron chi connectivity index (χ2n) is 4.20. The fourth-order valence-electron chi connectivity index (χ4n) is 1.58. The third-order valence-electron chi connectivity index (χ3n) is 2.89. The minimum atomic E-state index is -1.91. The van der Waals surface area contributed by atoms with Gasteiger partial charge >= 0.3 is 8.56 Å². The van der Waals surface area contributed by atoms with Crippen LogP contribution >= 0.6 is 0 Å². The van der Waals surface area contributed by atoms with Crippen molar-refractivity contribution < 1.29 is 8.85 Å². The lowest BCUT2D eigenvalue weighted by molar-refractivity contribution is 0.249. The summed E-state index contributed by atoms with van der Waals surface area (Å²) in [7, 11) is 1.54. The molecule has 0 aliphatic rings. The summed E-state index contributed by atoms with van der Waals surface area (Å²) in [5.74, 6) is 0. The van der Waals surface area contributed by atoms with Crippen LogP contribution in [0, 0.1) is 0 Å². The smallest absolute Gasteiger partial charge is 0.334 e. The van der Waals surface area contributed by atoms with E-state index in [-0.39, 0.29) is 0 Å². The first-order valence-corrected chi connectivity index (χ1v) is 8.32. The second-order valence-corrected chi connectivity index (χ2v) is 7.78. The van der Waals surface area contributed by atoms with Gasteiger partial charge in [-0.05, 0) is 37.2 Å². The van der Waals surface area contributed by atoms with Gasteiger partial charge in [-0.25, -0.2) is 0 Å². The molecule has 0 bridgehead atoms. The van der Waals surface area contributed by atoms with Crippen LogP contribution in [0.1, 0.15) is 6.42 Å². The summed E-state index contributed by atoms with van der Waals surface area (Å²) in [6, 6.07) is 8.75. The monoisotopic (exact) mass is 254 g/mol. The first kappa shape index (κ1) is 14.0. The number of benzene rings is 1. The first-order chi connectivity index (χ1) is 8.09. The average Bonchev–Trinajstić information content (AvgIpc) is 2.34. The minimum Gasteiger partial charge on any atom is -0.399 e. The number of hydrogen-bond acceptors (Lipinski definition) is 4. The minimum absolute atomic E-state index is 0.781. The standard InChI is InChI=1S/C12H22N2O2Si/c1-15-17(3,16-2)9-5-8-14-12-7-4-6-11(13)10-12/h4,6-7,10,14H,5,8-9,13H2,1-3H3. The van der Waals surface area contributed by atoms with Crippen molar-refractivity contribution in [3.05, 3.63) is 24.3 Å². The van der Waals surface area contributed by atoms with Crippen molar-refractivity contribution in [3.8, 4) is 0 Å². The van der Waals surface area contributed by atoms with Crippen LogP contribution in [0.4, 0.5) is 11.4 Å². The predicted molar refractivity (Wildman–Crippen MR) is 74.4 cm³/mol. The SMILES string of the molecule is CO[Si](C)(CCCNc1cccc(N)c1)OC. The van der Waals surface area contributed by atoms with Gasteiger partial charge in [0.1, 0.15) is 0 Å². The molecule has 0 aromatic heterocycles. The van der Waals surface area contributed by atoms with Gasteiger partial charge in [0.15, 0.2) is 0 Å². The highest BCUT2D eigenvalue weighted by Crippen LogP contribution is 2.15. The Balaban J connectivity index is 2.29. The van der Waals surface area contributed by atoms with Gasteiger partial charge < -0.3 is 19.9 Å². The normalized spacial score (nSPS) is 11.5. The number of nitrogens with two attached hydrogens (primary N) is 1. The summed E-state index contributed by atoms with van der Waals surface area (Å²) in [4.78, 5) is 0. The van der Waals surface area contributed by atoms with Gasteiger partial charge in [0.2, 0.25) is 0 Å². The van der Waals surface area contributed by atoms with Gasteiger partial charge in [-0.1, -0.05) is 6.07 Å². The number of nitrogen functional groups attached to an aromatic ring is 1. The fraction of sp³-hybridized carbons (Fsp3) is 0.500. The molecular formula is C12H22N2O2Si. The van der Waals surface area contributed by atoms with E-state index in [4.69, 9.17) is 14.6 Å². The summed E-state index contributed by atoms with van der Waals surface area (Å²) in [5.41, 5.74) is 7.54. The second kappa shape index (κ2) is 6.63. The van der Waals surface area contributed by atoms with Crippen LogP contribution in [0.25, 0.3) is 0 Å². The highest BCUT2D eigenvalue weighted by atomic mass is 28.4. The van der Waals surface area contributed by atoms with Gasteiger partial charge in [-0.15, -0.1) is 0 Å². The zero-order valence-electron chi connectivity index (χ0n) is 10.8. The van der Waals surface area contributed by atoms with Crippen LogP contribution in [0.3, 0.4) is 0 Å². The third-order valence-corrected chi connectivity index (χ3v) is 5.88. The Morgan fingerprint density at radius 3 is 2.59 bits per heavy atom. The summed E-state index contributed by atoms with van der Waals surface area (Å²) < 4.78 is 10.9. The number of nitrogens with one attached hydrogen (secondary N) is 1. The highest BCUT2D eigenvalue weighted by Gasteiger charge is 2.27. The zero-order valence-corrected chi connectivity index (χ0v) is 11.8. The van der Waals surface area contributed by atoms with Crippen molar-refractivity contribution >= 4 is 19.9 Å². The number of rotatable bonds is 7. The Bertz CT molecular complexity index is 343. The molecule has 0 fully saturated rings. The van der Waals surface area contributed by atoms with Crippen LogP contribution < -0.4 is 11.1 Å². The van der Waals surface area contributed by atoms with Gasteiger partial charge in [0.05, 0.1) is 0 Å². The van der Waals surface area contributed by atoms with Crippen molar-refractivity contribution in [2.75, 3.05) is 31.8 Å². The first-order valence-electron chi connectivity index (χ1n) is 5.79. The summed E-state index contributed by atoms with van der Waals surface area (Å²) in [5, 5.41) is 3.34. The maximum atomic E-state index is 5.70. The molecule has 5 heteroatoms. The van der Waals surface area contributed by atoms with Gasteiger partial charge in [-0.3, -0.25) is 0 Å². The average molecular weight is 254 g/mol. The maximum Gasteiger partial charge on any atom is 0.334 e. The van der Waals surface area contributed by atoms with Crippen molar-refractivity contribution in [3.63, 3.8) is 0 Å². The molecule has 0 atom stereocenters. The zero-order chi connectivity index (χ0) is 12.7. The molecule has 0 saturated heterocycles. The topological polar surface area (TPSA) is 56.5 Å². The molecule has 1 rings (SSSR count). The quantitative estimate of drug-likeness (QED) is 0.446. The molecule has 96 valence electrons. The Labute approximate surface area is 104 Å². The van der Waals surface area contributed by atoms with E-state index in [9.17, 15) is 0 Å². The molecule has 0 spiro atoms. The molecule has 0 saturated carbocycles. The lowest BCUT2D eigenvalue weighted by atomic mass is 10.3. The molecular weight excluding hydrogens is 232 g/mol. The van der Waals surface area contributed by atoms with Crippen molar-refractivity contribution in [2.45, 2.75) is 19.0 Å². The van der Waals surface area contributed by atoms with Crippen molar-refractivity contribution in [1.29, 1.82) is 0 Å². The van der Waals surface area contributed by atoms with E-state index in [2.05, 4.69) is 11.9 Å². The van der Waals surface area contributed by atoms with E-state index in [1.165, 1.54) is 0 Å². The Kier molecular flexibility index (Phi) is 5.47. The van der Waals surface area contributed by atoms with Crippen molar-refractivity contribution in [2.24, 2.45) is 0 Å². The molecule has 0 amide bonds. The highest BCUT2D eigenvalue weighted by molar-refractivity contribution is 6.65. The molecule has 17 heavy (non-hydrogen) atoms. The fourth-order valence-corrected chi connectivity index (χ4v) is 2.97. The molecule has 1 aromatic carbocycles. The van der Waals surface area contributed by atoms with Crippen LogP contribution in [-0.2, 0) is 8.85 Å². The lowest BCUT2D eigenvalue weighted by Gasteiger charge is -2.22. The Morgan fingerprint density at radius 2 is 2.00 bits per heavy atom. The summed E-state index contributed by atoms with van der Waals surface area (Å²) in [6.45, 7) is 2.98. The lowest BCUT2D eigenvalue weighted by Crippen LogP contribution is -2.36. The van der Waals surface area contributed by atoms with Crippen LogP contribution in [0.15, 0.2) is 24.3 Å². The third kappa shape index (κ3) is 4.76. The van der Waals surface area contributed by atoms with Gasteiger partial charge in [0, 0.05) is 32.1 Å². The Morgan fingerprint density at radius 1 is 1.29 bits per heavy atom. The molecule has 1 aromatic rings. The van der Waals surface area contributed by atoms with Crippen molar-refractivity contribution in [1.82, 2.24) is 0 Å². The molecule has 0 aliphatic heterocycles. The molecule has 0 unspecified atom stereocenters. The maximum absolute atomic E-state index is 5.70. The predicted octanol–water partition coefficient (Wildman–Crippen LogP) is 2.44. The van der Waals surface area contributed by atoms with E-state index in [1.807, 2.05) is 24.3 Å². The molecule has 3 N–H and O–H groups in total. The molecule has 0 radical (unpaired) electrons.